The fraction of sp³-hybridized carbons (Fsp3) is 0.435. The van der Waals surface area contributed by atoms with Crippen molar-refractivity contribution in [1.29, 1.82) is 0 Å². The van der Waals surface area contributed by atoms with Crippen LogP contribution in [0.4, 0.5) is 11.4 Å². The summed E-state index contributed by atoms with van der Waals surface area (Å²) in [6.07, 6.45) is -8.21. The number of fused-ring (bicyclic) bond motifs is 2. The summed E-state index contributed by atoms with van der Waals surface area (Å²) in [5, 5.41) is 39.7. The summed E-state index contributed by atoms with van der Waals surface area (Å²) in [7, 11) is 3.54. The molecule has 2 aromatic carbocycles. The van der Waals surface area contributed by atoms with Crippen molar-refractivity contribution in [3.05, 3.63) is 48.5 Å². The molecule has 2 aromatic rings. The number of benzene rings is 2. The van der Waals surface area contributed by atoms with Gasteiger partial charge in [-0.3, -0.25) is 0 Å². The van der Waals surface area contributed by atoms with Crippen molar-refractivity contribution in [2.45, 2.75) is 53.5 Å². The summed E-state index contributed by atoms with van der Waals surface area (Å²) >= 11 is 1.71. The Kier molecular flexibility index (Phi) is 6.70. The monoisotopic (exact) mass is 477 g/mol. The summed E-state index contributed by atoms with van der Waals surface area (Å²) in [6, 6.07) is 16.1. The molecular weight excluding hydrogens is 448 g/mol. The van der Waals surface area contributed by atoms with Gasteiger partial charge in [-0.15, -0.1) is 0 Å². The quantitative estimate of drug-likeness (QED) is 0.363. The molecule has 178 valence electrons. The van der Waals surface area contributed by atoms with E-state index in [0.29, 0.717) is 6.54 Å². The van der Waals surface area contributed by atoms with Gasteiger partial charge in [-0.1, -0.05) is 36.0 Å². The van der Waals surface area contributed by atoms with Gasteiger partial charge in [0.25, 0.3) is 0 Å². The number of aliphatic carboxylic acids is 1. The first-order chi connectivity index (χ1) is 15.6. The van der Waals surface area contributed by atoms with E-state index in [1.807, 2.05) is 31.2 Å². The van der Waals surface area contributed by atoms with Crippen LogP contribution in [0.1, 0.15) is 6.92 Å². The van der Waals surface area contributed by atoms with E-state index in [0.717, 1.165) is 21.2 Å². The van der Waals surface area contributed by atoms with Crippen LogP contribution in [0.2, 0.25) is 0 Å². The number of aliphatic hydroxyl groups excluding tert-OH is 3. The van der Waals surface area contributed by atoms with Crippen molar-refractivity contribution >= 4 is 29.1 Å². The van der Waals surface area contributed by atoms with Crippen molar-refractivity contribution in [3.63, 3.8) is 0 Å². The minimum absolute atomic E-state index is 0.0924. The Bertz CT molecular complexity index is 974. The maximum Gasteiger partial charge on any atom is 0.335 e. The molecule has 10 heteroatoms. The molecule has 9 nitrogen and oxygen atoms in total. The first-order valence-corrected chi connectivity index (χ1v) is 11.5. The predicted molar refractivity (Wildman–Crippen MR) is 121 cm³/mol. The van der Waals surface area contributed by atoms with E-state index in [-0.39, 0.29) is 10.7 Å². The van der Waals surface area contributed by atoms with Crippen molar-refractivity contribution in [1.82, 2.24) is 0 Å². The summed E-state index contributed by atoms with van der Waals surface area (Å²) in [5.74, 6) is -1.44. The van der Waals surface area contributed by atoms with Crippen LogP contribution in [0.5, 0.6) is 0 Å². The molecule has 0 radical (unpaired) electrons. The van der Waals surface area contributed by atoms with E-state index in [1.54, 1.807) is 25.9 Å². The second kappa shape index (κ2) is 9.22. The highest BCUT2D eigenvalue weighted by Crippen LogP contribution is 2.48. The lowest BCUT2D eigenvalue weighted by Gasteiger charge is -2.43. The number of carboxylic acid groups (broad SMARTS) is 1. The van der Waals surface area contributed by atoms with Crippen LogP contribution in [0, 0.1) is 0 Å². The van der Waals surface area contributed by atoms with Gasteiger partial charge in [0, 0.05) is 9.79 Å². The molecule has 2 aliphatic rings. The number of carboxylic acids is 1. The van der Waals surface area contributed by atoms with Crippen LogP contribution >= 0.6 is 11.8 Å². The van der Waals surface area contributed by atoms with Gasteiger partial charge in [-0.05, 0) is 31.2 Å². The Hall–Kier alpha value is -2.18. The normalized spacial score (nSPS) is 28.1. The highest BCUT2D eigenvalue weighted by Gasteiger charge is 2.50. The lowest BCUT2D eigenvalue weighted by Crippen LogP contribution is -2.64. The number of rotatable bonds is 6. The Morgan fingerprint density at radius 1 is 1.03 bits per heavy atom. The van der Waals surface area contributed by atoms with Crippen LogP contribution in [0.25, 0.3) is 0 Å². The predicted octanol–water partition coefficient (Wildman–Crippen LogP) is 1.58. The van der Waals surface area contributed by atoms with E-state index >= 15 is 0 Å². The smallest absolute Gasteiger partial charge is 0.335 e. The molecule has 1 saturated heterocycles. The Balaban J connectivity index is 1.55. The minimum atomic E-state index is -1.76. The molecule has 2 aliphatic heterocycles. The molecule has 6 atom stereocenters. The maximum atomic E-state index is 11.4. The first kappa shape index (κ1) is 24.0. The molecular formula is C23H29N2O7S+. The van der Waals surface area contributed by atoms with Crippen molar-refractivity contribution in [2.75, 3.05) is 25.5 Å². The molecule has 4 N–H and O–H groups in total. The highest BCUT2D eigenvalue weighted by atomic mass is 32.2. The fourth-order valence-corrected chi connectivity index (χ4v) is 5.05. The first-order valence-electron chi connectivity index (χ1n) is 10.7. The lowest BCUT2D eigenvalue weighted by atomic mass is 9.99. The topological polar surface area (TPSA) is 120 Å². The molecule has 0 bridgehead atoms. The fourth-order valence-electron chi connectivity index (χ4n) is 3.95. The van der Waals surface area contributed by atoms with E-state index in [1.165, 1.54) is 0 Å². The van der Waals surface area contributed by atoms with Crippen LogP contribution in [-0.2, 0) is 14.4 Å². The van der Waals surface area contributed by atoms with Gasteiger partial charge in [0.1, 0.15) is 24.4 Å². The Morgan fingerprint density at radius 3 is 2.12 bits per heavy atom. The third kappa shape index (κ3) is 4.60. The van der Waals surface area contributed by atoms with Gasteiger partial charge in [0.05, 0.1) is 32.0 Å². The van der Waals surface area contributed by atoms with Crippen molar-refractivity contribution in [3.8, 4) is 0 Å². The molecule has 1 fully saturated rings. The number of hydroxylamine groups is 3. The van der Waals surface area contributed by atoms with E-state index < -0.39 is 36.7 Å². The van der Waals surface area contributed by atoms with E-state index in [4.69, 9.17) is 9.57 Å². The number of anilines is 2. The average Bonchev–Trinajstić information content (AvgIpc) is 2.78. The number of quaternary nitrogens is 1. The maximum absolute atomic E-state index is 11.4. The Morgan fingerprint density at radius 2 is 1.58 bits per heavy atom. The number of nitrogens with zero attached hydrogens (tertiary/aromatic N) is 2. The van der Waals surface area contributed by atoms with E-state index in [2.05, 4.69) is 29.2 Å². The number of carbonyl (C=O) groups is 1. The molecule has 0 aliphatic carbocycles. The number of ether oxygens (including phenoxy) is 1. The second-order valence-corrected chi connectivity index (χ2v) is 9.86. The summed E-state index contributed by atoms with van der Waals surface area (Å²) in [6.45, 7) is 2.53. The standard InChI is InChI=1S/C23H28N2O7S/c1-13(25(2,3)32-23-20(28)18(26)19(27)21(31-23)22(29)30)12-24-14-8-4-6-10-16(14)33-17-11-7-5-9-15(17)24/h4-11,13,18-21,23,26-28H,12H2,1-3H3/p+1. The highest BCUT2D eigenvalue weighted by molar-refractivity contribution is 7.99. The zero-order chi connectivity index (χ0) is 23.9. The summed E-state index contributed by atoms with van der Waals surface area (Å²) < 4.78 is 5.22. The van der Waals surface area contributed by atoms with Crippen LogP contribution in [-0.4, -0.2) is 88.4 Å². The molecule has 2 heterocycles. The van der Waals surface area contributed by atoms with Crippen molar-refractivity contribution < 1.29 is 39.4 Å². The SMILES string of the molecule is CC(CN1c2ccccc2Sc2ccccc21)[N+](C)(C)OC1OC(C(=O)O)C(O)C(O)C1O. The van der Waals surface area contributed by atoms with Gasteiger partial charge >= 0.3 is 5.97 Å². The molecule has 0 saturated carbocycles. The summed E-state index contributed by atoms with van der Waals surface area (Å²) in [4.78, 5) is 21.9. The lowest BCUT2D eigenvalue weighted by molar-refractivity contribution is -1.10. The van der Waals surface area contributed by atoms with Crippen LogP contribution in [0.3, 0.4) is 0 Å². The number of aliphatic hydroxyl groups is 3. The van der Waals surface area contributed by atoms with Crippen LogP contribution in [0.15, 0.2) is 58.3 Å². The number of hydrogen-bond acceptors (Lipinski definition) is 8. The van der Waals surface area contributed by atoms with Gasteiger partial charge in [0.15, 0.2) is 6.10 Å². The van der Waals surface area contributed by atoms with Crippen molar-refractivity contribution in [2.24, 2.45) is 0 Å². The molecule has 33 heavy (non-hydrogen) atoms. The third-order valence-electron chi connectivity index (χ3n) is 6.23. The third-order valence-corrected chi connectivity index (χ3v) is 7.36. The Labute approximate surface area is 196 Å². The molecule has 6 unspecified atom stereocenters. The van der Waals surface area contributed by atoms with E-state index in [9.17, 15) is 25.2 Å². The number of likely N-dealkylation sites (N-methyl/N-ethyl adjacent to an activating group) is 1. The van der Waals surface area contributed by atoms with Gasteiger partial charge in [0.2, 0.25) is 6.29 Å². The molecule has 4 rings (SSSR count). The second-order valence-electron chi connectivity index (χ2n) is 8.77. The minimum Gasteiger partial charge on any atom is -0.479 e. The van der Waals surface area contributed by atoms with Gasteiger partial charge in [-0.25, -0.2) is 4.79 Å². The zero-order valence-corrected chi connectivity index (χ0v) is 19.4. The average molecular weight is 478 g/mol. The molecule has 0 spiro atoms. The zero-order valence-electron chi connectivity index (χ0n) is 18.6. The number of hydrogen-bond donors (Lipinski definition) is 4. The molecule has 0 amide bonds. The van der Waals surface area contributed by atoms with Gasteiger partial charge in [-0.2, -0.15) is 9.48 Å². The van der Waals surface area contributed by atoms with Gasteiger partial charge < -0.3 is 30.1 Å². The largest absolute Gasteiger partial charge is 0.479 e. The number of para-hydroxylation sites is 2. The molecule has 0 aromatic heterocycles. The van der Waals surface area contributed by atoms with Crippen LogP contribution < -0.4 is 4.90 Å². The summed E-state index contributed by atoms with van der Waals surface area (Å²) in [5.41, 5.74) is 2.15.